The maximum Gasteiger partial charge on any atom is 0.235 e. The molecular weight excluding hydrogens is 277 g/mol. The Bertz CT molecular complexity index is 368. The summed E-state index contributed by atoms with van der Waals surface area (Å²) in [5.41, 5.74) is 7.40. The predicted octanol–water partition coefficient (Wildman–Crippen LogP) is 2.65. The van der Waals surface area contributed by atoms with E-state index in [0.717, 1.165) is 16.5 Å². The summed E-state index contributed by atoms with van der Waals surface area (Å²) in [7, 11) is 0. The number of rotatable bonds is 4. The number of benzene rings is 1. The lowest BCUT2D eigenvalue weighted by Gasteiger charge is -2.10. The van der Waals surface area contributed by atoms with Gasteiger partial charge >= 0.3 is 0 Å². The molecule has 0 aliphatic heterocycles. The summed E-state index contributed by atoms with van der Waals surface area (Å²) in [5.74, 6) is -0.471. The highest BCUT2D eigenvalue weighted by atomic mass is 79.9. The molecule has 0 spiro atoms. The van der Waals surface area contributed by atoms with Crippen LogP contribution in [0.5, 0.6) is 0 Å². The van der Waals surface area contributed by atoms with Crippen molar-refractivity contribution in [2.45, 2.75) is 25.1 Å². The van der Waals surface area contributed by atoms with Gasteiger partial charge in [0, 0.05) is 4.47 Å². The van der Waals surface area contributed by atoms with Gasteiger partial charge in [0.05, 0.1) is 0 Å². The van der Waals surface area contributed by atoms with E-state index < -0.39 is 11.3 Å². The maximum absolute atomic E-state index is 10.9. The number of carbonyl (C=O) groups is 1. The molecule has 1 unspecified atom stereocenters. The van der Waals surface area contributed by atoms with Crippen LogP contribution in [0.2, 0.25) is 0 Å². The van der Waals surface area contributed by atoms with Crippen molar-refractivity contribution in [2.75, 3.05) is 0 Å². The smallest absolute Gasteiger partial charge is 0.235 e. The minimum atomic E-state index is -0.628. The average molecular weight is 291 g/mol. The molecule has 2 N–H and O–H groups in total. The summed E-state index contributed by atoms with van der Waals surface area (Å²) >= 11 is 9.24. The van der Waals surface area contributed by atoms with Gasteiger partial charge in [0.25, 0.3) is 0 Å². The highest BCUT2D eigenvalue weighted by Crippen LogP contribution is 2.19. The number of halogens is 2. The third-order valence-corrected chi connectivity index (χ3v) is 3.12. The van der Waals surface area contributed by atoms with Crippen LogP contribution in [0, 0.1) is 0 Å². The fourth-order valence-electron chi connectivity index (χ4n) is 1.42. The number of alkyl halides is 1. The van der Waals surface area contributed by atoms with Gasteiger partial charge in [-0.1, -0.05) is 28.9 Å². The van der Waals surface area contributed by atoms with Crippen molar-refractivity contribution in [3.63, 3.8) is 0 Å². The molecule has 0 radical (unpaired) electrons. The largest absolute Gasteiger partial charge is 0.368 e. The third kappa shape index (κ3) is 3.50. The number of primary amides is 1. The minimum absolute atomic E-state index is 0.471. The van der Waals surface area contributed by atoms with E-state index in [1.54, 1.807) is 0 Å². The van der Waals surface area contributed by atoms with Crippen LogP contribution in [-0.2, 0) is 17.6 Å². The summed E-state index contributed by atoms with van der Waals surface area (Å²) in [4.78, 5) is 10.9. The first-order valence-corrected chi connectivity index (χ1v) is 5.98. The molecule has 82 valence electrons. The molecule has 0 aliphatic rings. The molecule has 2 nitrogen and oxygen atoms in total. The second kappa shape index (κ2) is 5.52. The molecule has 1 atom stereocenters. The van der Waals surface area contributed by atoms with Crippen LogP contribution >= 0.6 is 27.5 Å². The first kappa shape index (κ1) is 12.5. The van der Waals surface area contributed by atoms with Gasteiger partial charge in [-0.05, 0) is 36.1 Å². The normalized spacial score (nSPS) is 12.5. The number of carbonyl (C=O) groups excluding carboxylic acids is 1. The van der Waals surface area contributed by atoms with Crippen molar-refractivity contribution < 1.29 is 4.79 Å². The average Bonchev–Trinajstić information content (AvgIpc) is 2.20. The van der Waals surface area contributed by atoms with Gasteiger partial charge in [0.2, 0.25) is 5.91 Å². The summed E-state index contributed by atoms with van der Waals surface area (Å²) in [6.07, 6.45) is 1.41. The van der Waals surface area contributed by atoms with Crippen LogP contribution in [0.1, 0.15) is 18.1 Å². The van der Waals surface area contributed by atoms with Crippen molar-refractivity contribution in [1.82, 2.24) is 0 Å². The van der Waals surface area contributed by atoms with E-state index in [0.29, 0.717) is 6.42 Å². The molecule has 1 rings (SSSR count). The monoisotopic (exact) mass is 289 g/mol. The number of amides is 1. The fourth-order valence-corrected chi connectivity index (χ4v) is 1.99. The molecule has 0 aromatic heterocycles. The first-order valence-electron chi connectivity index (χ1n) is 4.75. The van der Waals surface area contributed by atoms with E-state index in [9.17, 15) is 4.79 Å². The lowest BCUT2D eigenvalue weighted by molar-refractivity contribution is -0.117. The zero-order chi connectivity index (χ0) is 11.4. The van der Waals surface area contributed by atoms with Crippen molar-refractivity contribution in [3.8, 4) is 0 Å². The quantitative estimate of drug-likeness (QED) is 0.851. The summed E-state index contributed by atoms with van der Waals surface area (Å²) < 4.78 is 1.04. The zero-order valence-electron chi connectivity index (χ0n) is 8.47. The minimum Gasteiger partial charge on any atom is -0.368 e. The molecule has 0 heterocycles. The lowest BCUT2D eigenvalue weighted by Crippen LogP contribution is -2.25. The molecule has 0 aliphatic carbocycles. The van der Waals surface area contributed by atoms with E-state index in [-0.39, 0.29) is 0 Å². The van der Waals surface area contributed by atoms with Crippen LogP contribution in [0.15, 0.2) is 22.7 Å². The van der Waals surface area contributed by atoms with Crippen molar-refractivity contribution >= 4 is 33.4 Å². The summed E-state index contributed by atoms with van der Waals surface area (Å²) in [6.45, 7) is 2.07. The summed E-state index contributed by atoms with van der Waals surface area (Å²) in [6, 6.07) is 5.96. The second-order valence-electron chi connectivity index (χ2n) is 3.34. The molecule has 0 bridgehead atoms. The van der Waals surface area contributed by atoms with E-state index >= 15 is 0 Å². The molecule has 15 heavy (non-hydrogen) atoms. The SMILES string of the molecule is CCc1cc(Br)ccc1CC(Cl)C(N)=O. The standard InChI is InChI=1S/C11H13BrClNO/c1-2-7-5-9(12)4-3-8(7)6-10(13)11(14)15/h3-5,10H,2,6H2,1H3,(H2,14,15). The van der Waals surface area contributed by atoms with Gasteiger partial charge in [0.1, 0.15) is 5.38 Å². The van der Waals surface area contributed by atoms with E-state index in [2.05, 4.69) is 22.9 Å². The van der Waals surface area contributed by atoms with Crippen molar-refractivity contribution in [1.29, 1.82) is 0 Å². The predicted molar refractivity (Wildman–Crippen MR) is 66.1 cm³/mol. The van der Waals surface area contributed by atoms with Gasteiger partial charge in [-0.25, -0.2) is 0 Å². The topological polar surface area (TPSA) is 43.1 Å². The highest BCUT2D eigenvalue weighted by Gasteiger charge is 2.13. The van der Waals surface area contributed by atoms with Crippen LogP contribution in [-0.4, -0.2) is 11.3 Å². The van der Waals surface area contributed by atoms with Crippen LogP contribution in [0.25, 0.3) is 0 Å². The Morgan fingerprint density at radius 3 is 2.73 bits per heavy atom. The van der Waals surface area contributed by atoms with Gasteiger partial charge in [-0.3, -0.25) is 4.79 Å². The molecular formula is C11H13BrClNO. The second-order valence-corrected chi connectivity index (χ2v) is 4.78. The Hall–Kier alpha value is -0.540. The fraction of sp³-hybridized carbons (Fsp3) is 0.364. The Labute approximate surface area is 103 Å². The Balaban J connectivity index is 2.89. The number of hydrogen-bond donors (Lipinski definition) is 1. The van der Waals surface area contributed by atoms with Crippen molar-refractivity contribution in [2.24, 2.45) is 5.73 Å². The van der Waals surface area contributed by atoms with E-state index in [1.807, 2.05) is 18.2 Å². The van der Waals surface area contributed by atoms with E-state index in [1.165, 1.54) is 5.56 Å². The molecule has 4 heteroatoms. The number of aryl methyl sites for hydroxylation is 1. The molecule has 1 amide bonds. The van der Waals surface area contributed by atoms with Gasteiger partial charge < -0.3 is 5.73 Å². The van der Waals surface area contributed by atoms with Crippen LogP contribution in [0.4, 0.5) is 0 Å². The Kier molecular flexibility index (Phi) is 4.61. The van der Waals surface area contributed by atoms with Crippen LogP contribution in [0.3, 0.4) is 0 Å². The molecule has 0 saturated carbocycles. The Morgan fingerprint density at radius 2 is 2.20 bits per heavy atom. The van der Waals surface area contributed by atoms with Crippen molar-refractivity contribution in [3.05, 3.63) is 33.8 Å². The zero-order valence-corrected chi connectivity index (χ0v) is 10.8. The van der Waals surface area contributed by atoms with Crippen LogP contribution < -0.4 is 5.73 Å². The number of hydrogen-bond acceptors (Lipinski definition) is 1. The molecule has 1 aromatic carbocycles. The van der Waals surface area contributed by atoms with Gasteiger partial charge in [-0.2, -0.15) is 0 Å². The molecule has 0 saturated heterocycles. The van der Waals surface area contributed by atoms with Gasteiger partial charge in [-0.15, -0.1) is 11.6 Å². The summed E-state index contributed by atoms with van der Waals surface area (Å²) in [5, 5.41) is -0.628. The molecule has 1 aromatic rings. The van der Waals surface area contributed by atoms with E-state index in [4.69, 9.17) is 17.3 Å². The lowest BCUT2D eigenvalue weighted by atomic mass is 10.0. The highest BCUT2D eigenvalue weighted by molar-refractivity contribution is 9.10. The molecule has 0 fully saturated rings. The third-order valence-electron chi connectivity index (χ3n) is 2.26. The maximum atomic E-state index is 10.9. The Morgan fingerprint density at radius 1 is 1.53 bits per heavy atom. The van der Waals surface area contributed by atoms with Gasteiger partial charge in [0.15, 0.2) is 0 Å². The number of nitrogens with two attached hydrogens (primary N) is 1. The first-order chi connectivity index (χ1) is 7.04.